The molecule has 0 fully saturated rings. The normalized spacial score (nSPS) is 12.8. The third kappa shape index (κ3) is 2.87. The van der Waals surface area contributed by atoms with Crippen LogP contribution in [-0.2, 0) is 4.74 Å². The molecule has 1 aliphatic rings. The zero-order valence-corrected chi connectivity index (χ0v) is 13.5. The zero-order valence-electron chi connectivity index (χ0n) is 13.5. The number of fused-ring (bicyclic) bond motifs is 1. The third-order valence-electron chi connectivity index (χ3n) is 3.89. The number of imide groups is 1. The number of carbonyl (C=O) groups excluding carboxylic acids is 4. The van der Waals surface area contributed by atoms with E-state index in [-0.39, 0.29) is 16.7 Å². The summed E-state index contributed by atoms with van der Waals surface area (Å²) in [4.78, 5) is 48.8. The van der Waals surface area contributed by atoms with E-state index in [0.29, 0.717) is 11.3 Å². The number of rotatable bonds is 3. The van der Waals surface area contributed by atoms with E-state index in [1.807, 2.05) is 0 Å². The number of ether oxygens (including phenoxy) is 1. The van der Waals surface area contributed by atoms with Crippen molar-refractivity contribution in [2.24, 2.45) is 0 Å². The maximum Gasteiger partial charge on any atom is 0.337 e. The minimum absolute atomic E-state index is 0.198. The Hall–Kier alpha value is -3.48. The Morgan fingerprint density at radius 2 is 1.68 bits per heavy atom. The van der Waals surface area contributed by atoms with Crippen molar-refractivity contribution in [3.8, 4) is 0 Å². The van der Waals surface area contributed by atoms with Crippen molar-refractivity contribution in [1.82, 2.24) is 4.90 Å². The zero-order chi connectivity index (χ0) is 18.1. The Labute approximate surface area is 143 Å². The summed E-state index contributed by atoms with van der Waals surface area (Å²) in [6.07, 6.45) is 0. The van der Waals surface area contributed by atoms with E-state index in [2.05, 4.69) is 10.1 Å². The van der Waals surface area contributed by atoms with Crippen molar-refractivity contribution < 1.29 is 23.9 Å². The molecule has 1 aliphatic heterocycles. The van der Waals surface area contributed by atoms with Gasteiger partial charge in [-0.15, -0.1) is 0 Å². The molecule has 126 valence electrons. The van der Waals surface area contributed by atoms with Gasteiger partial charge in [-0.3, -0.25) is 19.3 Å². The molecule has 1 heterocycles. The Bertz CT molecular complexity index is 919. The highest BCUT2D eigenvalue weighted by Gasteiger charge is 2.33. The molecule has 7 nitrogen and oxygen atoms in total. The van der Waals surface area contributed by atoms with Crippen molar-refractivity contribution in [2.45, 2.75) is 0 Å². The van der Waals surface area contributed by atoms with E-state index < -0.39 is 23.7 Å². The number of methoxy groups -OCH3 is 1. The molecule has 3 rings (SSSR count). The van der Waals surface area contributed by atoms with E-state index in [9.17, 15) is 19.2 Å². The number of nitrogens with zero attached hydrogens (tertiary/aromatic N) is 1. The van der Waals surface area contributed by atoms with Gasteiger partial charge in [0.15, 0.2) is 0 Å². The topological polar surface area (TPSA) is 92.8 Å². The first-order valence-electron chi connectivity index (χ1n) is 7.38. The highest BCUT2D eigenvalue weighted by Crippen LogP contribution is 2.23. The first-order chi connectivity index (χ1) is 11.9. The summed E-state index contributed by atoms with van der Waals surface area (Å²) in [6, 6.07) is 10.6. The lowest BCUT2D eigenvalue weighted by molar-refractivity contribution is 0.0599. The van der Waals surface area contributed by atoms with Gasteiger partial charge in [0.05, 0.1) is 23.8 Å². The first-order valence-corrected chi connectivity index (χ1v) is 7.38. The number of carbonyl (C=O) groups is 4. The predicted molar refractivity (Wildman–Crippen MR) is 88.6 cm³/mol. The SMILES string of the molecule is COC(=O)c1cccc(NC(=O)c2ccc3c(c2)C(=O)N(C)C3=O)c1. The Morgan fingerprint density at radius 3 is 2.40 bits per heavy atom. The maximum absolute atomic E-state index is 12.4. The number of benzene rings is 2. The molecule has 2 aromatic rings. The van der Waals surface area contributed by atoms with Gasteiger partial charge in [0, 0.05) is 18.3 Å². The minimum atomic E-state index is -0.513. The quantitative estimate of drug-likeness (QED) is 0.682. The van der Waals surface area contributed by atoms with Gasteiger partial charge < -0.3 is 10.1 Å². The van der Waals surface area contributed by atoms with Gasteiger partial charge in [0.2, 0.25) is 0 Å². The molecule has 0 radical (unpaired) electrons. The summed E-state index contributed by atoms with van der Waals surface area (Å²) < 4.78 is 4.64. The van der Waals surface area contributed by atoms with Crippen molar-refractivity contribution in [1.29, 1.82) is 0 Å². The van der Waals surface area contributed by atoms with Crippen molar-refractivity contribution in [3.05, 3.63) is 64.7 Å². The van der Waals surface area contributed by atoms with Crippen LogP contribution in [0.4, 0.5) is 5.69 Å². The van der Waals surface area contributed by atoms with Crippen molar-refractivity contribution >= 4 is 29.4 Å². The van der Waals surface area contributed by atoms with Crippen LogP contribution in [0.5, 0.6) is 0 Å². The molecule has 0 aromatic heterocycles. The molecule has 7 heteroatoms. The van der Waals surface area contributed by atoms with Gasteiger partial charge in [-0.2, -0.15) is 0 Å². The van der Waals surface area contributed by atoms with Gasteiger partial charge in [-0.25, -0.2) is 4.79 Å². The fraction of sp³-hybridized carbons (Fsp3) is 0.111. The van der Waals surface area contributed by atoms with Gasteiger partial charge in [0.1, 0.15) is 0 Å². The van der Waals surface area contributed by atoms with Crippen molar-refractivity contribution in [2.75, 3.05) is 19.5 Å². The molecule has 0 spiro atoms. The lowest BCUT2D eigenvalue weighted by Crippen LogP contribution is -2.24. The smallest absolute Gasteiger partial charge is 0.337 e. The predicted octanol–water partition coefficient (Wildman–Crippen LogP) is 1.95. The van der Waals surface area contributed by atoms with Gasteiger partial charge >= 0.3 is 5.97 Å². The molecule has 0 saturated carbocycles. The van der Waals surface area contributed by atoms with Crippen LogP contribution in [0.3, 0.4) is 0 Å². The monoisotopic (exact) mass is 338 g/mol. The molecule has 0 unspecified atom stereocenters. The average Bonchev–Trinajstić information content (AvgIpc) is 2.85. The Balaban J connectivity index is 1.85. The number of nitrogens with one attached hydrogen (secondary N) is 1. The highest BCUT2D eigenvalue weighted by molar-refractivity contribution is 6.22. The summed E-state index contributed by atoms with van der Waals surface area (Å²) in [5, 5.41) is 2.65. The first kappa shape index (κ1) is 16.4. The molecule has 3 amide bonds. The van der Waals surface area contributed by atoms with Gasteiger partial charge in [-0.05, 0) is 36.4 Å². The van der Waals surface area contributed by atoms with E-state index in [1.165, 1.54) is 38.4 Å². The molecule has 0 bridgehead atoms. The second-order valence-corrected chi connectivity index (χ2v) is 5.46. The average molecular weight is 338 g/mol. The van der Waals surface area contributed by atoms with Crippen molar-refractivity contribution in [3.63, 3.8) is 0 Å². The van der Waals surface area contributed by atoms with Crippen LogP contribution in [0.15, 0.2) is 42.5 Å². The standard InChI is InChI=1S/C18H14N2O5/c1-20-16(22)13-7-6-10(9-14(13)17(20)23)15(21)19-12-5-3-4-11(8-12)18(24)25-2/h3-9H,1-2H3,(H,19,21). The molecule has 0 aliphatic carbocycles. The second kappa shape index (κ2) is 6.20. The maximum atomic E-state index is 12.4. The van der Waals surface area contributed by atoms with E-state index >= 15 is 0 Å². The Morgan fingerprint density at radius 1 is 0.960 bits per heavy atom. The molecule has 2 aromatic carbocycles. The fourth-order valence-corrected chi connectivity index (χ4v) is 2.55. The molecule has 25 heavy (non-hydrogen) atoms. The van der Waals surface area contributed by atoms with Crippen LogP contribution in [0, 0.1) is 0 Å². The molecule has 1 N–H and O–H groups in total. The number of hydrogen-bond donors (Lipinski definition) is 1. The number of esters is 1. The summed E-state index contributed by atoms with van der Waals surface area (Å²) in [5.41, 5.74) is 1.42. The largest absolute Gasteiger partial charge is 0.465 e. The number of hydrogen-bond acceptors (Lipinski definition) is 5. The summed E-state index contributed by atoms with van der Waals surface area (Å²) in [5.74, 6) is -1.81. The number of anilines is 1. The Kier molecular flexibility index (Phi) is 4.06. The van der Waals surface area contributed by atoms with Crippen LogP contribution in [-0.4, -0.2) is 42.7 Å². The van der Waals surface area contributed by atoms with E-state index in [1.54, 1.807) is 18.2 Å². The third-order valence-corrected chi connectivity index (χ3v) is 3.89. The molecule has 0 atom stereocenters. The van der Waals surface area contributed by atoms with E-state index in [4.69, 9.17) is 0 Å². The summed E-state index contributed by atoms with van der Waals surface area (Å²) >= 11 is 0. The van der Waals surface area contributed by atoms with E-state index in [0.717, 1.165) is 4.90 Å². The lowest BCUT2D eigenvalue weighted by atomic mass is 10.1. The van der Waals surface area contributed by atoms with Crippen LogP contribution in [0.25, 0.3) is 0 Å². The van der Waals surface area contributed by atoms with Crippen LogP contribution in [0.2, 0.25) is 0 Å². The van der Waals surface area contributed by atoms with Crippen LogP contribution < -0.4 is 5.32 Å². The molecular weight excluding hydrogens is 324 g/mol. The van der Waals surface area contributed by atoms with Gasteiger partial charge in [0.25, 0.3) is 17.7 Å². The highest BCUT2D eigenvalue weighted by atomic mass is 16.5. The number of amides is 3. The van der Waals surface area contributed by atoms with Crippen LogP contribution >= 0.6 is 0 Å². The minimum Gasteiger partial charge on any atom is -0.465 e. The fourth-order valence-electron chi connectivity index (χ4n) is 2.55. The van der Waals surface area contributed by atoms with Gasteiger partial charge in [-0.1, -0.05) is 6.07 Å². The molecular formula is C18H14N2O5. The lowest BCUT2D eigenvalue weighted by Gasteiger charge is -2.07. The summed E-state index contributed by atoms with van der Waals surface area (Å²) in [7, 11) is 2.66. The molecule has 0 saturated heterocycles. The summed E-state index contributed by atoms with van der Waals surface area (Å²) in [6.45, 7) is 0. The van der Waals surface area contributed by atoms with Crippen LogP contribution in [0.1, 0.15) is 41.4 Å². The second-order valence-electron chi connectivity index (χ2n) is 5.46.